The molecule has 0 radical (unpaired) electrons. The van der Waals surface area contributed by atoms with Crippen LogP contribution in [-0.2, 0) is 20.7 Å². The number of carbonyl (C=O) groups is 1. The quantitative estimate of drug-likeness (QED) is 0.794. The van der Waals surface area contributed by atoms with Crippen molar-refractivity contribution in [3.8, 4) is 11.1 Å². The van der Waals surface area contributed by atoms with Gasteiger partial charge in [-0.2, -0.15) is 0 Å². The SMILES string of the molecule is O=C(N[C@H]1CCCOC1)C1(Cc2ccccc2-c2ccc(F)c(F)c2)CCOCC1. The van der Waals surface area contributed by atoms with E-state index in [0.717, 1.165) is 36.6 Å². The second-order valence-electron chi connectivity index (χ2n) is 8.24. The normalized spacial score (nSPS) is 21.2. The van der Waals surface area contributed by atoms with Crippen LogP contribution in [0.4, 0.5) is 8.78 Å². The Kier molecular flexibility index (Phi) is 6.44. The zero-order chi connectivity index (χ0) is 21.0. The summed E-state index contributed by atoms with van der Waals surface area (Å²) < 4.78 is 38.3. The fraction of sp³-hybridized carbons (Fsp3) is 0.458. The maximum absolute atomic E-state index is 13.9. The van der Waals surface area contributed by atoms with Gasteiger partial charge in [0.15, 0.2) is 11.6 Å². The van der Waals surface area contributed by atoms with E-state index in [1.54, 1.807) is 6.07 Å². The smallest absolute Gasteiger partial charge is 0.227 e. The highest BCUT2D eigenvalue weighted by Gasteiger charge is 2.41. The first kappa shape index (κ1) is 20.9. The molecular weight excluding hydrogens is 388 g/mol. The van der Waals surface area contributed by atoms with E-state index in [9.17, 15) is 13.6 Å². The first-order chi connectivity index (χ1) is 14.6. The van der Waals surface area contributed by atoms with E-state index in [-0.39, 0.29) is 11.9 Å². The number of rotatable bonds is 5. The topological polar surface area (TPSA) is 47.6 Å². The molecule has 1 atom stereocenters. The lowest BCUT2D eigenvalue weighted by molar-refractivity contribution is -0.138. The van der Waals surface area contributed by atoms with Crippen LogP contribution in [0.5, 0.6) is 0 Å². The Balaban J connectivity index is 1.62. The zero-order valence-electron chi connectivity index (χ0n) is 17.0. The molecule has 2 aromatic carbocycles. The molecule has 2 fully saturated rings. The molecule has 0 unspecified atom stereocenters. The van der Waals surface area contributed by atoms with Crippen LogP contribution in [0.15, 0.2) is 42.5 Å². The number of nitrogens with one attached hydrogen (secondary N) is 1. The molecule has 1 amide bonds. The number of hydrogen-bond donors (Lipinski definition) is 1. The largest absolute Gasteiger partial charge is 0.381 e. The van der Waals surface area contributed by atoms with Crippen LogP contribution in [0.1, 0.15) is 31.2 Å². The molecule has 0 spiro atoms. The number of hydrogen-bond acceptors (Lipinski definition) is 3. The summed E-state index contributed by atoms with van der Waals surface area (Å²) in [6.45, 7) is 2.35. The van der Waals surface area contributed by atoms with Gasteiger partial charge < -0.3 is 14.8 Å². The van der Waals surface area contributed by atoms with E-state index in [1.165, 1.54) is 6.07 Å². The lowest BCUT2D eigenvalue weighted by Gasteiger charge is -2.38. The average molecular weight is 415 g/mol. The summed E-state index contributed by atoms with van der Waals surface area (Å²) in [5.41, 5.74) is 1.77. The van der Waals surface area contributed by atoms with Crippen molar-refractivity contribution in [2.75, 3.05) is 26.4 Å². The Morgan fingerprint density at radius 1 is 1.03 bits per heavy atom. The van der Waals surface area contributed by atoms with Crippen molar-refractivity contribution >= 4 is 5.91 Å². The summed E-state index contributed by atoms with van der Waals surface area (Å²) in [5.74, 6) is -1.72. The Labute approximate surface area is 175 Å². The van der Waals surface area contributed by atoms with Crippen molar-refractivity contribution < 1.29 is 23.0 Å². The monoisotopic (exact) mass is 415 g/mol. The van der Waals surface area contributed by atoms with Crippen molar-refractivity contribution in [2.24, 2.45) is 5.41 Å². The van der Waals surface area contributed by atoms with Crippen LogP contribution in [0.2, 0.25) is 0 Å². The second kappa shape index (κ2) is 9.23. The molecule has 2 aliphatic rings. The van der Waals surface area contributed by atoms with Gasteiger partial charge in [-0.05, 0) is 60.9 Å². The van der Waals surface area contributed by atoms with Crippen molar-refractivity contribution in [1.29, 1.82) is 0 Å². The van der Waals surface area contributed by atoms with E-state index >= 15 is 0 Å². The number of carbonyl (C=O) groups excluding carboxylic acids is 1. The molecule has 6 heteroatoms. The van der Waals surface area contributed by atoms with Crippen LogP contribution in [0, 0.1) is 17.0 Å². The lowest BCUT2D eigenvalue weighted by Crippen LogP contribution is -2.51. The second-order valence-corrected chi connectivity index (χ2v) is 8.24. The highest BCUT2D eigenvalue weighted by molar-refractivity contribution is 5.84. The van der Waals surface area contributed by atoms with Gasteiger partial charge in [-0.3, -0.25) is 4.79 Å². The maximum Gasteiger partial charge on any atom is 0.227 e. The summed E-state index contributed by atoms with van der Waals surface area (Å²) in [7, 11) is 0. The molecule has 4 nitrogen and oxygen atoms in total. The summed E-state index contributed by atoms with van der Waals surface area (Å²) >= 11 is 0. The molecule has 2 saturated heterocycles. The Morgan fingerprint density at radius 2 is 1.83 bits per heavy atom. The lowest BCUT2D eigenvalue weighted by atomic mass is 9.73. The van der Waals surface area contributed by atoms with Crippen LogP contribution < -0.4 is 5.32 Å². The molecule has 2 aliphatic heterocycles. The number of amides is 1. The molecule has 0 saturated carbocycles. The van der Waals surface area contributed by atoms with Gasteiger partial charge in [-0.1, -0.05) is 30.3 Å². The van der Waals surface area contributed by atoms with Gasteiger partial charge in [0.05, 0.1) is 18.1 Å². The maximum atomic E-state index is 13.9. The molecule has 2 heterocycles. The summed E-state index contributed by atoms with van der Waals surface area (Å²) in [6, 6.07) is 11.6. The molecule has 2 aromatic rings. The van der Waals surface area contributed by atoms with Gasteiger partial charge in [0.1, 0.15) is 0 Å². The van der Waals surface area contributed by atoms with E-state index in [0.29, 0.717) is 44.6 Å². The number of benzene rings is 2. The highest BCUT2D eigenvalue weighted by atomic mass is 19.2. The van der Waals surface area contributed by atoms with Crippen LogP contribution in [0.25, 0.3) is 11.1 Å². The molecule has 160 valence electrons. The van der Waals surface area contributed by atoms with E-state index in [2.05, 4.69) is 5.32 Å². The Hall–Kier alpha value is -2.31. The van der Waals surface area contributed by atoms with Crippen LogP contribution >= 0.6 is 0 Å². The Morgan fingerprint density at radius 3 is 2.57 bits per heavy atom. The third kappa shape index (κ3) is 4.55. The fourth-order valence-corrected chi connectivity index (χ4v) is 4.42. The molecule has 1 N–H and O–H groups in total. The minimum atomic E-state index is -0.877. The van der Waals surface area contributed by atoms with Gasteiger partial charge in [0.25, 0.3) is 0 Å². The molecule has 0 aliphatic carbocycles. The summed E-state index contributed by atoms with van der Waals surface area (Å²) in [5, 5.41) is 3.20. The van der Waals surface area contributed by atoms with Gasteiger partial charge >= 0.3 is 0 Å². The first-order valence-corrected chi connectivity index (χ1v) is 10.6. The molecule has 0 bridgehead atoms. The predicted molar refractivity (Wildman–Crippen MR) is 110 cm³/mol. The van der Waals surface area contributed by atoms with Gasteiger partial charge in [-0.25, -0.2) is 8.78 Å². The average Bonchev–Trinajstić information content (AvgIpc) is 2.77. The van der Waals surface area contributed by atoms with Crippen molar-refractivity contribution in [2.45, 2.75) is 38.1 Å². The highest BCUT2D eigenvalue weighted by Crippen LogP contribution is 2.38. The minimum Gasteiger partial charge on any atom is -0.381 e. The van der Waals surface area contributed by atoms with Gasteiger partial charge in [0.2, 0.25) is 5.91 Å². The van der Waals surface area contributed by atoms with E-state index < -0.39 is 17.0 Å². The minimum absolute atomic E-state index is 0.0291. The van der Waals surface area contributed by atoms with E-state index in [4.69, 9.17) is 9.47 Å². The van der Waals surface area contributed by atoms with Crippen molar-refractivity contribution in [3.63, 3.8) is 0 Å². The van der Waals surface area contributed by atoms with Crippen molar-refractivity contribution in [3.05, 3.63) is 59.7 Å². The third-order valence-electron chi connectivity index (χ3n) is 6.20. The van der Waals surface area contributed by atoms with Crippen molar-refractivity contribution in [1.82, 2.24) is 5.32 Å². The standard InChI is InChI=1S/C24H27F2NO3/c25-21-8-7-17(14-22(21)26)20-6-2-1-4-18(20)15-24(9-12-29-13-10-24)23(28)27-19-5-3-11-30-16-19/h1-2,4,6-8,14,19H,3,5,9-13,15-16H2,(H,27,28)/t19-/m0/s1. The Bertz CT molecular complexity index is 890. The van der Waals surface area contributed by atoms with Crippen LogP contribution in [0.3, 0.4) is 0 Å². The third-order valence-corrected chi connectivity index (χ3v) is 6.20. The van der Waals surface area contributed by atoms with Crippen LogP contribution in [-0.4, -0.2) is 38.4 Å². The molecule has 0 aromatic heterocycles. The summed E-state index contributed by atoms with van der Waals surface area (Å²) in [6.07, 6.45) is 3.63. The first-order valence-electron chi connectivity index (χ1n) is 10.6. The molecular formula is C24H27F2NO3. The number of halogens is 2. The van der Waals surface area contributed by atoms with Gasteiger partial charge in [-0.15, -0.1) is 0 Å². The molecule has 30 heavy (non-hydrogen) atoms. The molecule has 4 rings (SSSR count). The summed E-state index contributed by atoms with van der Waals surface area (Å²) in [4.78, 5) is 13.4. The fourth-order valence-electron chi connectivity index (χ4n) is 4.42. The predicted octanol–water partition coefficient (Wildman–Crippen LogP) is 4.27. The van der Waals surface area contributed by atoms with E-state index in [1.807, 2.05) is 24.3 Å². The zero-order valence-corrected chi connectivity index (χ0v) is 17.0. The van der Waals surface area contributed by atoms with Gasteiger partial charge in [0, 0.05) is 19.8 Å². The number of ether oxygens (including phenoxy) is 2.